The van der Waals surface area contributed by atoms with Crippen molar-refractivity contribution in [3.05, 3.63) is 71.7 Å². The Morgan fingerprint density at radius 2 is 1.90 bits per heavy atom. The quantitative estimate of drug-likeness (QED) is 0.543. The lowest BCUT2D eigenvalue weighted by Gasteiger charge is -2.11. The molecule has 0 unspecified atom stereocenters. The van der Waals surface area contributed by atoms with Gasteiger partial charge in [-0.15, -0.1) is 0 Å². The van der Waals surface area contributed by atoms with Crippen LogP contribution in [0, 0.1) is 13.8 Å². The van der Waals surface area contributed by atoms with Crippen molar-refractivity contribution in [3.63, 3.8) is 0 Å². The summed E-state index contributed by atoms with van der Waals surface area (Å²) in [6, 6.07) is 17.2. The molecule has 0 atom stereocenters. The molecule has 0 spiro atoms. The van der Waals surface area contributed by atoms with Crippen LogP contribution in [0.2, 0.25) is 0 Å². The Kier molecular flexibility index (Phi) is 5.20. The maximum Gasteiger partial charge on any atom is 0.258 e. The Hall–Kier alpha value is -3.74. The SMILES string of the molecule is Cc1cc(OCC(=O)NCc2noc(-c3ccccc3)n2)c2cccc(C)c2n1. The van der Waals surface area contributed by atoms with Crippen LogP contribution in [-0.2, 0) is 11.3 Å². The first-order valence-electron chi connectivity index (χ1n) is 9.24. The standard InChI is InChI=1S/C22H20N4O3/c1-14-7-6-10-17-18(11-15(2)24-21(14)17)28-13-20(27)23-12-19-25-22(29-26-19)16-8-4-3-5-9-16/h3-11H,12-13H2,1-2H3,(H,23,27). The zero-order valence-corrected chi connectivity index (χ0v) is 16.2. The first kappa shape index (κ1) is 18.6. The van der Waals surface area contributed by atoms with Crippen LogP contribution in [0.15, 0.2) is 59.1 Å². The van der Waals surface area contributed by atoms with Gasteiger partial charge in [0, 0.05) is 22.7 Å². The van der Waals surface area contributed by atoms with E-state index in [9.17, 15) is 4.79 Å². The molecular weight excluding hydrogens is 368 g/mol. The molecule has 0 aliphatic rings. The number of nitrogens with zero attached hydrogens (tertiary/aromatic N) is 3. The molecule has 7 heteroatoms. The van der Waals surface area contributed by atoms with E-state index in [1.165, 1.54) is 0 Å². The van der Waals surface area contributed by atoms with Crippen LogP contribution in [0.25, 0.3) is 22.4 Å². The van der Waals surface area contributed by atoms with E-state index in [4.69, 9.17) is 9.26 Å². The van der Waals surface area contributed by atoms with Gasteiger partial charge in [-0.2, -0.15) is 4.98 Å². The molecule has 1 N–H and O–H groups in total. The van der Waals surface area contributed by atoms with Gasteiger partial charge in [0.25, 0.3) is 11.8 Å². The average Bonchev–Trinajstić information content (AvgIpc) is 3.21. The first-order chi connectivity index (χ1) is 14.1. The van der Waals surface area contributed by atoms with Gasteiger partial charge in [0.05, 0.1) is 12.1 Å². The fourth-order valence-corrected chi connectivity index (χ4v) is 3.00. The molecule has 1 amide bonds. The third-order valence-corrected chi connectivity index (χ3v) is 4.42. The highest BCUT2D eigenvalue weighted by atomic mass is 16.5. The maximum absolute atomic E-state index is 12.2. The lowest BCUT2D eigenvalue weighted by molar-refractivity contribution is -0.123. The number of hydrogen-bond donors (Lipinski definition) is 1. The molecule has 0 radical (unpaired) electrons. The Morgan fingerprint density at radius 1 is 1.07 bits per heavy atom. The normalized spacial score (nSPS) is 10.8. The maximum atomic E-state index is 12.2. The van der Waals surface area contributed by atoms with Crippen LogP contribution in [0.4, 0.5) is 0 Å². The molecule has 29 heavy (non-hydrogen) atoms. The largest absolute Gasteiger partial charge is 0.483 e. The summed E-state index contributed by atoms with van der Waals surface area (Å²) < 4.78 is 11.0. The molecular formula is C22H20N4O3. The highest BCUT2D eigenvalue weighted by Crippen LogP contribution is 2.27. The van der Waals surface area contributed by atoms with E-state index in [1.807, 2.05) is 68.4 Å². The zero-order chi connectivity index (χ0) is 20.2. The Morgan fingerprint density at radius 3 is 2.72 bits per heavy atom. The Balaban J connectivity index is 1.37. The predicted octanol–water partition coefficient (Wildman–Crippen LogP) is 3.60. The van der Waals surface area contributed by atoms with Crippen molar-refractivity contribution in [2.75, 3.05) is 6.61 Å². The second kappa shape index (κ2) is 8.10. The predicted molar refractivity (Wildman–Crippen MR) is 108 cm³/mol. The third-order valence-electron chi connectivity index (χ3n) is 4.42. The second-order valence-corrected chi connectivity index (χ2v) is 6.68. The van der Waals surface area contributed by atoms with E-state index in [0.717, 1.165) is 27.7 Å². The number of amides is 1. The van der Waals surface area contributed by atoms with Crippen LogP contribution in [0.3, 0.4) is 0 Å². The summed E-state index contributed by atoms with van der Waals surface area (Å²) in [7, 11) is 0. The Bertz CT molecular complexity index is 1160. The molecule has 2 aromatic carbocycles. The number of fused-ring (bicyclic) bond motifs is 1. The molecule has 0 saturated carbocycles. The van der Waals surface area contributed by atoms with Gasteiger partial charge in [-0.05, 0) is 37.6 Å². The molecule has 0 fully saturated rings. The topological polar surface area (TPSA) is 90.1 Å². The van der Waals surface area contributed by atoms with Crippen molar-refractivity contribution < 1.29 is 14.1 Å². The fraction of sp³-hybridized carbons (Fsp3) is 0.182. The van der Waals surface area contributed by atoms with E-state index in [2.05, 4.69) is 20.4 Å². The lowest BCUT2D eigenvalue weighted by atomic mass is 10.1. The molecule has 146 valence electrons. The molecule has 0 aliphatic heterocycles. The van der Waals surface area contributed by atoms with Gasteiger partial charge >= 0.3 is 0 Å². The minimum atomic E-state index is -0.272. The number of hydrogen-bond acceptors (Lipinski definition) is 6. The van der Waals surface area contributed by atoms with Gasteiger partial charge < -0.3 is 14.6 Å². The monoisotopic (exact) mass is 388 g/mol. The van der Waals surface area contributed by atoms with Crippen molar-refractivity contribution in [1.29, 1.82) is 0 Å². The number of benzene rings is 2. The summed E-state index contributed by atoms with van der Waals surface area (Å²) in [5.41, 5.74) is 3.61. The number of aromatic nitrogens is 3. The van der Waals surface area contributed by atoms with Gasteiger partial charge in [-0.3, -0.25) is 9.78 Å². The molecule has 0 aliphatic carbocycles. The number of pyridine rings is 1. The molecule has 4 aromatic rings. The van der Waals surface area contributed by atoms with Gasteiger partial charge in [0.1, 0.15) is 5.75 Å². The van der Waals surface area contributed by atoms with E-state index >= 15 is 0 Å². The highest BCUT2D eigenvalue weighted by molar-refractivity contribution is 5.88. The minimum Gasteiger partial charge on any atom is -0.483 e. The van der Waals surface area contributed by atoms with Crippen LogP contribution in [-0.4, -0.2) is 27.6 Å². The van der Waals surface area contributed by atoms with E-state index in [0.29, 0.717) is 17.5 Å². The number of ether oxygens (including phenoxy) is 1. The van der Waals surface area contributed by atoms with Crippen LogP contribution in [0.5, 0.6) is 5.75 Å². The number of rotatable bonds is 6. The summed E-state index contributed by atoms with van der Waals surface area (Å²) >= 11 is 0. The van der Waals surface area contributed by atoms with E-state index in [1.54, 1.807) is 0 Å². The summed E-state index contributed by atoms with van der Waals surface area (Å²) in [5.74, 6) is 1.18. The van der Waals surface area contributed by atoms with Gasteiger partial charge in [0.2, 0.25) is 0 Å². The van der Waals surface area contributed by atoms with Gasteiger partial charge in [-0.1, -0.05) is 35.5 Å². The second-order valence-electron chi connectivity index (χ2n) is 6.68. The van der Waals surface area contributed by atoms with Crippen molar-refractivity contribution in [3.8, 4) is 17.2 Å². The van der Waals surface area contributed by atoms with Crippen molar-refractivity contribution >= 4 is 16.8 Å². The molecule has 0 bridgehead atoms. The van der Waals surface area contributed by atoms with Crippen molar-refractivity contribution in [2.24, 2.45) is 0 Å². The molecule has 4 rings (SSSR count). The van der Waals surface area contributed by atoms with Crippen LogP contribution < -0.4 is 10.1 Å². The van der Waals surface area contributed by atoms with Crippen molar-refractivity contribution in [2.45, 2.75) is 20.4 Å². The Labute approximate surface area is 167 Å². The number of para-hydroxylation sites is 1. The minimum absolute atomic E-state index is 0.115. The summed E-state index contributed by atoms with van der Waals surface area (Å²) in [6.07, 6.45) is 0. The van der Waals surface area contributed by atoms with Crippen LogP contribution in [0.1, 0.15) is 17.1 Å². The summed E-state index contributed by atoms with van der Waals surface area (Å²) in [6.45, 7) is 3.95. The smallest absolute Gasteiger partial charge is 0.258 e. The number of carbonyl (C=O) groups is 1. The third kappa shape index (κ3) is 4.24. The number of aryl methyl sites for hydroxylation is 2. The fourth-order valence-electron chi connectivity index (χ4n) is 3.00. The van der Waals surface area contributed by atoms with Gasteiger partial charge in [-0.25, -0.2) is 0 Å². The van der Waals surface area contributed by atoms with Gasteiger partial charge in [0.15, 0.2) is 12.4 Å². The summed E-state index contributed by atoms with van der Waals surface area (Å²) in [4.78, 5) is 21.1. The van der Waals surface area contributed by atoms with E-state index in [-0.39, 0.29) is 19.1 Å². The average molecular weight is 388 g/mol. The summed E-state index contributed by atoms with van der Waals surface area (Å²) in [5, 5.41) is 7.52. The highest BCUT2D eigenvalue weighted by Gasteiger charge is 2.12. The first-order valence-corrected chi connectivity index (χ1v) is 9.24. The molecule has 7 nitrogen and oxygen atoms in total. The van der Waals surface area contributed by atoms with E-state index < -0.39 is 0 Å². The van der Waals surface area contributed by atoms with Crippen LogP contribution >= 0.6 is 0 Å². The van der Waals surface area contributed by atoms with Crippen molar-refractivity contribution in [1.82, 2.24) is 20.4 Å². The molecule has 0 saturated heterocycles. The molecule has 2 heterocycles. The lowest BCUT2D eigenvalue weighted by Crippen LogP contribution is -2.28. The molecule has 2 aromatic heterocycles. The number of carbonyl (C=O) groups excluding carboxylic acids is 1. The zero-order valence-electron chi connectivity index (χ0n) is 16.2. The number of nitrogens with one attached hydrogen (secondary N) is 1.